The lowest BCUT2D eigenvalue weighted by Crippen LogP contribution is -2.42. The van der Waals surface area contributed by atoms with Gasteiger partial charge in [-0.2, -0.15) is 0 Å². The minimum atomic E-state index is 0.757. The van der Waals surface area contributed by atoms with Crippen molar-refractivity contribution < 1.29 is 0 Å². The van der Waals surface area contributed by atoms with Gasteiger partial charge in [-0.05, 0) is 18.1 Å². The summed E-state index contributed by atoms with van der Waals surface area (Å²) >= 11 is 0. The van der Waals surface area contributed by atoms with Crippen molar-refractivity contribution in [1.82, 2.24) is 15.3 Å². The molecule has 0 atom stereocenters. The van der Waals surface area contributed by atoms with Crippen LogP contribution in [0, 0.1) is 0 Å². The van der Waals surface area contributed by atoms with Gasteiger partial charge in [0.25, 0.3) is 0 Å². The second-order valence-corrected chi connectivity index (χ2v) is 5.02. The molecule has 0 radical (unpaired) electrons. The Balaban J connectivity index is 1.53. The Kier molecular flexibility index (Phi) is 4.48. The van der Waals surface area contributed by atoms with Gasteiger partial charge in [0.2, 0.25) is 0 Å². The third-order valence-electron chi connectivity index (χ3n) is 3.63. The van der Waals surface area contributed by atoms with E-state index in [9.17, 15) is 0 Å². The number of aliphatic imine (C=N–C) groups is 1. The highest BCUT2D eigenvalue weighted by molar-refractivity contribution is 5.97. The first-order chi connectivity index (χ1) is 10.9. The first-order valence-corrected chi connectivity index (χ1v) is 7.44. The zero-order valence-corrected chi connectivity index (χ0v) is 12.7. The Bertz CT molecular complexity index is 640. The second kappa shape index (κ2) is 6.89. The summed E-state index contributed by atoms with van der Waals surface area (Å²) in [5, 5.41) is 6.61. The normalized spacial score (nSPS) is 13.9. The SMILES string of the molecule is CN=C(NCCNc1cnccn1)N1CCc2ccccc21. The highest BCUT2D eigenvalue weighted by atomic mass is 15.3. The van der Waals surface area contributed by atoms with Crippen molar-refractivity contribution >= 4 is 17.5 Å². The van der Waals surface area contributed by atoms with Crippen LogP contribution in [0.3, 0.4) is 0 Å². The predicted octanol–water partition coefficient (Wildman–Crippen LogP) is 1.53. The molecule has 1 aromatic carbocycles. The van der Waals surface area contributed by atoms with E-state index < -0.39 is 0 Å². The summed E-state index contributed by atoms with van der Waals surface area (Å²) in [5.74, 6) is 1.69. The number of para-hydroxylation sites is 1. The van der Waals surface area contributed by atoms with Gasteiger partial charge in [-0.3, -0.25) is 9.98 Å². The Labute approximate surface area is 130 Å². The summed E-state index contributed by atoms with van der Waals surface area (Å²) in [6.07, 6.45) is 6.12. The van der Waals surface area contributed by atoms with E-state index in [-0.39, 0.29) is 0 Å². The van der Waals surface area contributed by atoms with E-state index in [0.717, 1.165) is 37.8 Å². The summed E-state index contributed by atoms with van der Waals surface area (Å²) in [6, 6.07) is 8.48. The summed E-state index contributed by atoms with van der Waals surface area (Å²) in [7, 11) is 1.82. The van der Waals surface area contributed by atoms with Crippen LogP contribution in [0.5, 0.6) is 0 Å². The summed E-state index contributed by atoms with van der Waals surface area (Å²) in [4.78, 5) is 14.8. The average Bonchev–Trinajstić information content (AvgIpc) is 3.00. The molecule has 1 aromatic heterocycles. The van der Waals surface area contributed by atoms with Crippen molar-refractivity contribution in [2.75, 3.05) is 36.9 Å². The molecule has 0 aliphatic carbocycles. The smallest absolute Gasteiger partial charge is 0.198 e. The van der Waals surface area contributed by atoms with E-state index >= 15 is 0 Å². The molecule has 0 fully saturated rings. The topological polar surface area (TPSA) is 65.4 Å². The molecule has 0 saturated carbocycles. The molecule has 114 valence electrons. The third kappa shape index (κ3) is 3.16. The van der Waals surface area contributed by atoms with Crippen LogP contribution in [-0.4, -0.2) is 42.6 Å². The summed E-state index contributed by atoms with van der Waals surface area (Å²) in [6.45, 7) is 2.49. The Hall–Kier alpha value is -2.63. The molecule has 0 unspecified atom stereocenters. The van der Waals surface area contributed by atoms with Gasteiger partial charge in [0.15, 0.2) is 5.96 Å². The number of benzene rings is 1. The lowest BCUT2D eigenvalue weighted by atomic mass is 10.2. The third-order valence-corrected chi connectivity index (χ3v) is 3.63. The number of fused-ring (bicyclic) bond motifs is 1. The van der Waals surface area contributed by atoms with Gasteiger partial charge >= 0.3 is 0 Å². The van der Waals surface area contributed by atoms with Crippen LogP contribution in [0.1, 0.15) is 5.56 Å². The van der Waals surface area contributed by atoms with Crippen LogP contribution in [0.15, 0.2) is 47.8 Å². The van der Waals surface area contributed by atoms with Crippen LogP contribution in [0.25, 0.3) is 0 Å². The Morgan fingerprint density at radius 3 is 3.00 bits per heavy atom. The van der Waals surface area contributed by atoms with Crippen molar-refractivity contribution in [3.8, 4) is 0 Å². The highest BCUT2D eigenvalue weighted by Crippen LogP contribution is 2.27. The fourth-order valence-electron chi connectivity index (χ4n) is 2.61. The molecule has 0 spiro atoms. The molecule has 1 aliphatic heterocycles. The number of nitrogens with one attached hydrogen (secondary N) is 2. The van der Waals surface area contributed by atoms with Crippen molar-refractivity contribution in [3.63, 3.8) is 0 Å². The number of hydrogen-bond acceptors (Lipinski definition) is 4. The van der Waals surface area contributed by atoms with Crippen LogP contribution < -0.4 is 15.5 Å². The van der Waals surface area contributed by atoms with Crippen molar-refractivity contribution in [1.29, 1.82) is 0 Å². The standard InChI is InChI=1S/C16H20N6/c1-17-16(21-10-9-20-15-12-18-7-8-19-15)22-11-6-13-4-2-3-5-14(13)22/h2-5,7-8,12H,6,9-11H2,1H3,(H,17,21)(H,19,20). The number of guanidine groups is 1. The van der Waals surface area contributed by atoms with Crippen LogP contribution in [-0.2, 0) is 6.42 Å². The molecule has 3 rings (SSSR count). The largest absolute Gasteiger partial charge is 0.367 e. The van der Waals surface area contributed by atoms with E-state index in [1.807, 2.05) is 7.05 Å². The molecule has 2 heterocycles. The minimum absolute atomic E-state index is 0.757. The van der Waals surface area contributed by atoms with E-state index in [0.29, 0.717) is 0 Å². The molecule has 2 aromatic rings. The van der Waals surface area contributed by atoms with Crippen LogP contribution in [0.4, 0.5) is 11.5 Å². The number of anilines is 2. The van der Waals surface area contributed by atoms with Crippen LogP contribution in [0.2, 0.25) is 0 Å². The molecule has 2 N–H and O–H groups in total. The summed E-state index contributed by atoms with van der Waals surface area (Å²) in [5.41, 5.74) is 2.63. The predicted molar refractivity (Wildman–Crippen MR) is 89.4 cm³/mol. The lowest BCUT2D eigenvalue weighted by molar-refractivity contribution is 0.863. The first kappa shape index (κ1) is 14.3. The van der Waals surface area contributed by atoms with Gasteiger partial charge in [-0.15, -0.1) is 0 Å². The number of hydrogen-bond donors (Lipinski definition) is 2. The zero-order chi connectivity index (χ0) is 15.2. The summed E-state index contributed by atoms with van der Waals surface area (Å²) < 4.78 is 0. The highest BCUT2D eigenvalue weighted by Gasteiger charge is 2.21. The number of aromatic nitrogens is 2. The van der Waals surface area contributed by atoms with Gasteiger partial charge < -0.3 is 15.5 Å². The van der Waals surface area contributed by atoms with Crippen molar-refractivity contribution in [2.45, 2.75) is 6.42 Å². The molecule has 0 saturated heterocycles. The van der Waals surface area contributed by atoms with Crippen LogP contribution >= 0.6 is 0 Å². The molecule has 0 amide bonds. The second-order valence-electron chi connectivity index (χ2n) is 5.02. The number of rotatable bonds is 4. The molecular weight excluding hydrogens is 276 g/mol. The number of nitrogens with zero attached hydrogens (tertiary/aromatic N) is 4. The molecule has 6 nitrogen and oxygen atoms in total. The van der Waals surface area contributed by atoms with E-state index in [2.05, 4.69) is 54.8 Å². The van der Waals surface area contributed by atoms with Crippen molar-refractivity contribution in [3.05, 3.63) is 48.4 Å². The molecule has 22 heavy (non-hydrogen) atoms. The maximum Gasteiger partial charge on any atom is 0.198 e. The van der Waals surface area contributed by atoms with Gasteiger partial charge in [-0.25, -0.2) is 4.98 Å². The lowest BCUT2D eigenvalue weighted by Gasteiger charge is -2.22. The quantitative estimate of drug-likeness (QED) is 0.509. The Morgan fingerprint density at radius 1 is 1.27 bits per heavy atom. The van der Waals surface area contributed by atoms with Gasteiger partial charge in [0.05, 0.1) is 6.20 Å². The zero-order valence-electron chi connectivity index (χ0n) is 12.7. The average molecular weight is 296 g/mol. The van der Waals surface area contributed by atoms with E-state index in [1.165, 1.54) is 11.3 Å². The van der Waals surface area contributed by atoms with Gasteiger partial charge in [0.1, 0.15) is 5.82 Å². The monoisotopic (exact) mass is 296 g/mol. The Morgan fingerprint density at radius 2 is 2.18 bits per heavy atom. The fraction of sp³-hybridized carbons (Fsp3) is 0.312. The molecule has 6 heteroatoms. The molecular formula is C16H20N6. The maximum atomic E-state index is 4.39. The van der Waals surface area contributed by atoms with E-state index in [4.69, 9.17) is 0 Å². The van der Waals surface area contributed by atoms with Gasteiger partial charge in [-0.1, -0.05) is 18.2 Å². The van der Waals surface area contributed by atoms with Crippen molar-refractivity contribution in [2.24, 2.45) is 4.99 Å². The minimum Gasteiger partial charge on any atom is -0.367 e. The fourth-order valence-corrected chi connectivity index (χ4v) is 2.61. The van der Waals surface area contributed by atoms with Gasteiger partial charge in [0, 0.05) is 44.8 Å². The first-order valence-electron chi connectivity index (χ1n) is 7.44. The maximum absolute atomic E-state index is 4.39. The molecule has 0 bridgehead atoms. The van der Waals surface area contributed by atoms with E-state index in [1.54, 1.807) is 18.6 Å². The molecule has 1 aliphatic rings.